The summed E-state index contributed by atoms with van der Waals surface area (Å²) in [5.74, 6) is 1.68. The molecule has 0 radical (unpaired) electrons. The zero-order valence-corrected chi connectivity index (χ0v) is 33.4. The molecule has 0 bridgehead atoms. The Balaban J connectivity index is 1.12. The molecule has 0 saturated carbocycles. The molecule has 6 heteroatoms. The molecule has 4 heterocycles. The molecular formula is C56H35N5O. The van der Waals surface area contributed by atoms with Gasteiger partial charge in [0.15, 0.2) is 17.5 Å². The Morgan fingerprint density at radius 1 is 0.371 bits per heavy atom. The summed E-state index contributed by atoms with van der Waals surface area (Å²) in [7, 11) is 0. The molecule has 6 nitrogen and oxygen atoms in total. The van der Waals surface area contributed by atoms with Crippen molar-refractivity contribution in [3.05, 3.63) is 212 Å². The summed E-state index contributed by atoms with van der Waals surface area (Å²) in [6.07, 6.45) is 1.95. The number of nitrogens with zero attached hydrogens (tertiary/aromatic N) is 5. The Morgan fingerprint density at radius 2 is 0.935 bits per heavy atom. The maximum absolute atomic E-state index is 6.96. The second-order valence-corrected chi connectivity index (χ2v) is 15.4. The summed E-state index contributed by atoms with van der Waals surface area (Å²) in [5, 5.41) is 4.39. The molecule has 0 saturated heterocycles. The minimum Gasteiger partial charge on any atom is -0.455 e. The second-order valence-electron chi connectivity index (χ2n) is 15.4. The highest BCUT2D eigenvalue weighted by Crippen LogP contribution is 2.45. The normalized spacial score (nSPS) is 11.5. The fourth-order valence-electron chi connectivity index (χ4n) is 8.83. The number of rotatable bonds is 7. The first-order valence-corrected chi connectivity index (χ1v) is 20.7. The number of para-hydroxylation sites is 3. The van der Waals surface area contributed by atoms with Crippen molar-refractivity contribution in [3.63, 3.8) is 0 Å². The standard InChI is InChI=1S/C56H35N5O/c1-5-17-36(18-6-1)39-23-15-24-40(33-39)41-34-46(56-59-54(37-19-7-2-8-20-37)58-55(60-56)38-21-9-3-10-22-38)52(57-35-41)45-29-16-28-44-51-49(62-53(44)45)32-31-48-50(51)43-27-13-14-30-47(43)61(48)42-25-11-4-12-26-42/h1-35H. The fourth-order valence-corrected chi connectivity index (χ4v) is 8.83. The molecule has 8 aromatic carbocycles. The maximum atomic E-state index is 6.96. The predicted octanol–water partition coefficient (Wildman–Crippen LogP) is 14.3. The van der Waals surface area contributed by atoms with Gasteiger partial charge in [0.05, 0.1) is 16.7 Å². The topological polar surface area (TPSA) is 69.6 Å². The predicted molar refractivity (Wildman–Crippen MR) is 252 cm³/mol. The number of benzene rings is 8. The lowest BCUT2D eigenvalue weighted by molar-refractivity contribution is 0.670. The molecule has 0 N–H and O–H groups in total. The van der Waals surface area contributed by atoms with Gasteiger partial charge in [0, 0.05) is 61.2 Å². The maximum Gasteiger partial charge on any atom is 0.166 e. The minimum absolute atomic E-state index is 0.516. The van der Waals surface area contributed by atoms with Crippen molar-refractivity contribution in [3.8, 4) is 73.4 Å². The molecule has 0 fully saturated rings. The second kappa shape index (κ2) is 14.7. The molecule has 62 heavy (non-hydrogen) atoms. The van der Waals surface area contributed by atoms with Gasteiger partial charge < -0.3 is 8.98 Å². The van der Waals surface area contributed by atoms with Crippen molar-refractivity contribution < 1.29 is 4.42 Å². The summed E-state index contributed by atoms with van der Waals surface area (Å²) >= 11 is 0. The highest BCUT2D eigenvalue weighted by molar-refractivity contribution is 6.28. The van der Waals surface area contributed by atoms with Crippen molar-refractivity contribution >= 4 is 43.7 Å². The van der Waals surface area contributed by atoms with Crippen LogP contribution in [0.15, 0.2) is 217 Å². The lowest BCUT2D eigenvalue weighted by atomic mass is 9.96. The van der Waals surface area contributed by atoms with Crippen LogP contribution in [-0.4, -0.2) is 24.5 Å². The molecular weight excluding hydrogens is 759 g/mol. The van der Waals surface area contributed by atoms with Crippen LogP contribution in [0, 0.1) is 0 Å². The van der Waals surface area contributed by atoms with Crippen molar-refractivity contribution in [2.45, 2.75) is 0 Å². The summed E-state index contributed by atoms with van der Waals surface area (Å²) in [6, 6.07) is 71.1. The van der Waals surface area contributed by atoms with Crippen molar-refractivity contribution in [2.75, 3.05) is 0 Å². The SMILES string of the molecule is c1ccc(-c2cccc(-c3cnc(-c4cccc5c4oc4ccc6c(c7ccccc7n6-c6ccccc6)c45)c(-c4nc(-c5ccccc5)nc(-c5ccccc5)n4)c3)c2)cc1. The van der Waals surface area contributed by atoms with Crippen LogP contribution < -0.4 is 0 Å². The van der Waals surface area contributed by atoms with Gasteiger partial charge in [-0.3, -0.25) is 4.98 Å². The highest BCUT2D eigenvalue weighted by Gasteiger charge is 2.24. The van der Waals surface area contributed by atoms with E-state index in [0.29, 0.717) is 23.2 Å². The number of aromatic nitrogens is 5. The van der Waals surface area contributed by atoms with E-state index in [1.165, 1.54) is 0 Å². The lowest BCUT2D eigenvalue weighted by Gasteiger charge is -2.14. The molecule has 0 unspecified atom stereocenters. The van der Waals surface area contributed by atoms with Crippen LogP contribution in [0.2, 0.25) is 0 Å². The first-order chi connectivity index (χ1) is 30.7. The molecule has 4 aromatic heterocycles. The van der Waals surface area contributed by atoms with Crippen LogP contribution in [0.5, 0.6) is 0 Å². The Morgan fingerprint density at radius 3 is 1.65 bits per heavy atom. The molecule has 12 rings (SSSR count). The van der Waals surface area contributed by atoms with E-state index in [4.69, 9.17) is 24.4 Å². The summed E-state index contributed by atoms with van der Waals surface area (Å²) in [5.41, 5.74) is 13.3. The van der Waals surface area contributed by atoms with Gasteiger partial charge in [-0.15, -0.1) is 0 Å². The Kier molecular flexibility index (Phi) is 8.38. The lowest BCUT2D eigenvalue weighted by Crippen LogP contribution is -2.02. The Labute approximate surface area is 357 Å². The molecule has 0 spiro atoms. The zero-order chi connectivity index (χ0) is 41.0. The van der Waals surface area contributed by atoms with Gasteiger partial charge in [0.2, 0.25) is 0 Å². The average molecular weight is 794 g/mol. The van der Waals surface area contributed by atoms with Gasteiger partial charge in [0.25, 0.3) is 0 Å². The van der Waals surface area contributed by atoms with Gasteiger partial charge in [-0.1, -0.05) is 158 Å². The number of furan rings is 1. The van der Waals surface area contributed by atoms with Crippen molar-refractivity contribution in [1.29, 1.82) is 0 Å². The number of hydrogen-bond acceptors (Lipinski definition) is 5. The first-order valence-electron chi connectivity index (χ1n) is 20.7. The number of pyridine rings is 1. The van der Waals surface area contributed by atoms with Crippen molar-refractivity contribution in [1.82, 2.24) is 24.5 Å². The molecule has 0 amide bonds. The third kappa shape index (κ3) is 5.96. The van der Waals surface area contributed by atoms with E-state index in [-0.39, 0.29) is 0 Å². The van der Waals surface area contributed by atoms with E-state index in [0.717, 1.165) is 93.9 Å². The average Bonchev–Trinajstić information content (AvgIpc) is 3.91. The molecule has 0 aliphatic carbocycles. The molecule has 0 aliphatic rings. The number of fused-ring (bicyclic) bond motifs is 7. The highest BCUT2D eigenvalue weighted by atomic mass is 16.3. The van der Waals surface area contributed by atoms with Gasteiger partial charge in [0.1, 0.15) is 11.2 Å². The van der Waals surface area contributed by atoms with Crippen LogP contribution in [0.4, 0.5) is 0 Å². The van der Waals surface area contributed by atoms with E-state index >= 15 is 0 Å². The van der Waals surface area contributed by atoms with Crippen molar-refractivity contribution in [2.24, 2.45) is 0 Å². The summed E-state index contributed by atoms with van der Waals surface area (Å²) in [4.78, 5) is 20.8. The van der Waals surface area contributed by atoms with E-state index in [2.05, 4.69) is 144 Å². The third-order valence-corrected chi connectivity index (χ3v) is 11.7. The molecule has 0 aliphatic heterocycles. The van der Waals surface area contributed by atoms with Crippen LogP contribution in [0.25, 0.3) is 117 Å². The van der Waals surface area contributed by atoms with Gasteiger partial charge in [-0.25, -0.2) is 15.0 Å². The van der Waals surface area contributed by atoms with E-state index in [1.807, 2.05) is 72.9 Å². The van der Waals surface area contributed by atoms with Crippen LogP contribution in [0.3, 0.4) is 0 Å². The smallest absolute Gasteiger partial charge is 0.166 e. The van der Waals surface area contributed by atoms with Gasteiger partial charge in [-0.2, -0.15) is 0 Å². The quantitative estimate of drug-likeness (QED) is 0.161. The first kappa shape index (κ1) is 35.5. The van der Waals surface area contributed by atoms with Crippen LogP contribution in [-0.2, 0) is 0 Å². The Bertz CT molecular complexity index is 3560. The Hall–Kier alpha value is -8.48. The van der Waals surface area contributed by atoms with Gasteiger partial charge in [-0.05, 0) is 65.2 Å². The largest absolute Gasteiger partial charge is 0.455 e. The third-order valence-electron chi connectivity index (χ3n) is 11.7. The molecule has 0 atom stereocenters. The summed E-state index contributed by atoms with van der Waals surface area (Å²) in [6.45, 7) is 0. The van der Waals surface area contributed by atoms with E-state index < -0.39 is 0 Å². The molecule has 12 aromatic rings. The minimum atomic E-state index is 0.516. The zero-order valence-electron chi connectivity index (χ0n) is 33.4. The van der Waals surface area contributed by atoms with E-state index in [1.54, 1.807) is 0 Å². The molecule has 290 valence electrons. The van der Waals surface area contributed by atoms with E-state index in [9.17, 15) is 0 Å². The monoisotopic (exact) mass is 793 g/mol. The summed E-state index contributed by atoms with van der Waals surface area (Å²) < 4.78 is 9.30. The fraction of sp³-hybridized carbons (Fsp3) is 0. The van der Waals surface area contributed by atoms with Crippen LogP contribution in [0.1, 0.15) is 0 Å². The van der Waals surface area contributed by atoms with Crippen LogP contribution >= 0.6 is 0 Å². The van der Waals surface area contributed by atoms with Gasteiger partial charge >= 0.3 is 0 Å². The number of hydrogen-bond donors (Lipinski definition) is 0.